The molecule has 3 aromatic rings. The zero-order chi connectivity index (χ0) is 24.4. The maximum atomic E-state index is 13.1. The average Bonchev–Trinajstić information content (AvgIpc) is 3.16. The number of carbonyl (C=O) groups is 2. The summed E-state index contributed by atoms with van der Waals surface area (Å²) in [5.41, 5.74) is 4.81. The van der Waals surface area contributed by atoms with E-state index < -0.39 is 0 Å². The molecule has 0 aliphatic carbocycles. The third kappa shape index (κ3) is 4.88. The molecule has 0 radical (unpaired) electrons. The Bertz CT molecular complexity index is 1180. The molecule has 0 bridgehead atoms. The molecular formula is C27H33N3O4. The minimum Gasteiger partial charge on any atom is -0.448 e. The molecule has 2 amide bonds. The number of benzene rings is 2. The average molecular weight is 464 g/mol. The first-order valence-corrected chi connectivity index (χ1v) is 11.8. The van der Waals surface area contributed by atoms with Crippen LogP contribution < -0.4 is 4.90 Å². The number of carbonyl (C=O) groups excluding carboxylic acids is 2. The van der Waals surface area contributed by atoms with Crippen molar-refractivity contribution in [1.82, 2.24) is 9.80 Å². The summed E-state index contributed by atoms with van der Waals surface area (Å²) in [5, 5.41) is 0.964. The monoisotopic (exact) mass is 463 g/mol. The highest BCUT2D eigenvalue weighted by atomic mass is 16.6. The molecule has 0 unspecified atom stereocenters. The maximum absolute atomic E-state index is 13.1. The second-order valence-electron chi connectivity index (χ2n) is 9.34. The quantitative estimate of drug-likeness (QED) is 0.549. The molecule has 1 aromatic heterocycles. The summed E-state index contributed by atoms with van der Waals surface area (Å²) in [5.74, 6) is 0.238. The van der Waals surface area contributed by atoms with E-state index in [2.05, 4.69) is 36.1 Å². The summed E-state index contributed by atoms with van der Waals surface area (Å²) in [6, 6.07) is 14.3. The van der Waals surface area contributed by atoms with E-state index in [1.54, 1.807) is 23.9 Å². The van der Waals surface area contributed by atoms with Crippen LogP contribution in [0.5, 0.6) is 0 Å². The molecule has 2 aromatic carbocycles. The standard InChI is InChI=1S/C27H33N3O4/c1-18(2)33-27(32)30-13-11-29(12-14-30)23-16-19(3)15-21-22(17-20-9-7-6-8-10-20)25(34-24(21)23)26(31)28(4)5/h6-10,15-16,18H,11-14,17H2,1-5H3. The predicted octanol–water partition coefficient (Wildman–Crippen LogP) is 4.70. The van der Waals surface area contributed by atoms with Crippen LogP contribution in [0.15, 0.2) is 46.9 Å². The van der Waals surface area contributed by atoms with E-state index in [-0.39, 0.29) is 18.1 Å². The molecule has 1 aliphatic rings. The minimum atomic E-state index is -0.272. The van der Waals surface area contributed by atoms with Crippen LogP contribution >= 0.6 is 0 Å². The summed E-state index contributed by atoms with van der Waals surface area (Å²) < 4.78 is 11.7. The summed E-state index contributed by atoms with van der Waals surface area (Å²) >= 11 is 0. The highest BCUT2D eigenvalue weighted by molar-refractivity contribution is 6.02. The second kappa shape index (κ2) is 9.79. The lowest BCUT2D eigenvalue weighted by atomic mass is 9.99. The van der Waals surface area contributed by atoms with Crippen molar-refractivity contribution in [3.05, 3.63) is 64.9 Å². The van der Waals surface area contributed by atoms with Crippen molar-refractivity contribution >= 4 is 28.7 Å². The van der Waals surface area contributed by atoms with Gasteiger partial charge in [0.1, 0.15) is 0 Å². The van der Waals surface area contributed by atoms with Gasteiger partial charge in [-0.1, -0.05) is 30.3 Å². The van der Waals surface area contributed by atoms with E-state index in [4.69, 9.17) is 9.15 Å². The zero-order valence-corrected chi connectivity index (χ0v) is 20.6. The fourth-order valence-corrected chi connectivity index (χ4v) is 4.36. The molecule has 0 spiro atoms. The second-order valence-corrected chi connectivity index (χ2v) is 9.34. The number of rotatable bonds is 5. The number of piperazine rings is 1. The van der Waals surface area contributed by atoms with Crippen molar-refractivity contribution in [3.8, 4) is 0 Å². The van der Waals surface area contributed by atoms with Gasteiger partial charge >= 0.3 is 6.09 Å². The van der Waals surface area contributed by atoms with Crippen molar-refractivity contribution in [2.45, 2.75) is 33.3 Å². The normalized spacial score (nSPS) is 14.1. The largest absolute Gasteiger partial charge is 0.448 e. The molecule has 1 fully saturated rings. The van der Waals surface area contributed by atoms with Crippen molar-refractivity contribution in [2.75, 3.05) is 45.2 Å². The lowest BCUT2D eigenvalue weighted by Crippen LogP contribution is -2.49. The predicted molar refractivity (Wildman–Crippen MR) is 134 cm³/mol. The Morgan fingerprint density at radius 3 is 2.35 bits per heavy atom. The summed E-state index contributed by atoms with van der Waals surface area (Å²) in [6.07, 6.45) is 0.201. The number of aryl methyl sites for hydroxylation is 1. The van der Waals surface area contributed by atoms with Crippen LogP contribution in [0, 0.1) is 6.92 Å². The number of hydrogen-bond acceptors (Lipinski definition) is 5. The van der Waals surface area contributed by atoms with Gasteiger partial charge in [-0.2, -0.15) is 0 Å². The van der Waals surface area contributed by atoms with E-state index in [0.29, 0.717) is 38.4 Å². The minimum absolute atomic E-state index is 0.138. The van der Waals surface area contributed by atoms with E-state index in [1.807, 2.05) is 32.0 Å². The highest BCUT2D eigenvalue weighted by Gasteiger charge is 2.28. The van der Waals surface area contributed by atoms with Gasteiger partial charge in [-0.15, -0.1) is 0 Å². The molecule has 1 saturated heterocycles. The molecule has 0 atom stereocenters. The van der Waals surface area contributed by atoms with Gasteiger partial charge in [0.05, 0.1) is 11.8 Å². The third-order valence-corrected chi connectivity index (χ3v) is 6.06. The number of anilines is 1. The van der Waals surface area contributed by atoms with Crippen LogP contribution in [0.1, 0.15) is 41.1 Å². The number of nitrogens with zero attached hydrogens (tertiary/aromatic N) is 3. The van der Waals surface area contributed by atoms with Crippen molar-refractivity contribution in [2.24, 2.45) is 0 Å². The van der Waals surface area contributed by atoms with Gasteiger partial charge < -0.3 is 23.9 Å². The number of fused-ring (bicyclic) bond motifs is 1. The summed E-state index contributed by atoms with van der Waals surface area (Å²) in [7, 11) is 3.48. The van der Waals surface area contributed by atoms with Crippen LogP contribution in [-0.4, -0.2) is 68.2 Å². The highest BCUT2D eigenvalue weighted by Crippen LogP contribution is 2.37. The van der Waals surface area contributed by atoms with Gasteiger partial charge in [-0.25, -0.2) is 4.79 Å². The van der Waals surface area contributed by atoms with Crippen LogP contribution in [-0.2, 0) is 11.2 Å². The first kappa shape index (κ1) is 23.7. The Kier molecular flexibility index (Phi) is 6.82. The molecule has 1 aliphatic heterocycles. The Hall–Kier alpha value is -3.48. The van der Waals surface area contributed by atoms with Gasteiger partial charge in [-0.05, 0) is 44.0 Å². The van der Waals surface area contributed by atoms with Gasteiger partial charge in [-0.3, -0.25) is 4.79 Å². The topological polar surface area (TPSA) is 66.2 Å². The molecule has 34 heavy (non-hydrogen) atoms. The third-order valence-electron chi connectivity index (χ3n) is 6.06. The summed E-state index contributed by atoms with van der Waals surface area (Å²) in [6.45, 7) is 8.24. The van der Waals surface area contributed by atoms with E-state index in [0.717, 1.165) is 33.3 Å². The van der Waals surface area contributed by atoms with E-state index >= 15 is 0 Å². The lowest BCUT2D eigenvalue weighted by molar-refractivity contribution is 0.0749. The molecule has 2 heterocycles. The molecule has 7 heteroatoms. The van der Waals surface area contributed by atoms with Crippen molar-refractivity contribution < 1.29 is 18.7 Å². The van der Waals surface area contributed by atoms with Gasteiger partial charge in [0.15, 0.2) is 11.3 Å². The molecule has 180 valence electrons. The number of furan rings is 1. The fraction of sp³-hybridized carbons (Fsp3) is 0.407. The number of amides is 2. The van der Waals surface area contributed by atoms with Crippen LogP contribution in [0.25, 0.3) is 11.0 Å². The van der Waals surface area contributed by atoms with Crippen molar-refractivity contribution in [1.29, 1.82) is 0 Å². The summed E-state index contributed by atoms with van der Waals surface area (Å²) in [4.78, 5) is 30.9. The Labute approximate surface area is 200 Å². The molecule has 0 N–H and O–H groups in total. The van der Waals surface area contributed by atoms with Gasteiger partial charge in [0.25, 0.3) is 5.91 Å². The van der Waals surface area contributed by atoms with Crippen molar-refractivity contribution in [3.63, 3.8) is 0 Å². The lowest BCUT2D eigenvalue weighted by Gasteiger charge is -2.35. The zero-order valence-electron chi connectivity index (χ0n) is 20.6. The van der Waals surface area contributed by atoms with Crippen LogP contribution in [0.3, 0.4) is 0 Å². The first-order valence-electron chi connectivity index (χ1n) is 11.8. The maximum Gasteiger partial charge on any atom is 0.410 e. The van der Waals surface area contributed by atoms with Gasteiger partial charge in [0.2, 0.25) is 0 Å². The molecule has 4 rings (SSSR count). The Morgan fingerprint density at radius 1 is 1.06 bits per heavy atom. The molecule has 0 saturated carbocycles. The van der Waals surface area contributed by atoms with Crippen LogP contribution in [0.2, 0.25) is 0 Å². The van der Waals surface area contributed by atoms with E-state index in [9.17, 15) is 9.59 Å². The number of ether oxygens (including phenoxy) is 1. The molecular weight excluding hydrogens is 430 g/mol. The SMILES string of the molecule is Cc1cc(N2CCN(C(=O)OC(C)C)CC2)c2oc(C(=O)N(C)C)c(Cc3ccccc3)c2c1. The van der Waals surface area contributed by atoms with E-state index in [1.165, 1.54) is 0 Å². The first-order chi connectivity index (χ1) is 16.2. The van der Waals surface area contributed by atoms with Crippen LogP contribution in [0.4, 0.5) is 10.5 Å². The molecule has 7 nitrogen and oxygen atoms in total. The number of hydrogen-bond donors (Lipinski definition) is 0. The Balaban J connectivity index is 1.71. The Morgan fingerprint density at radius 2 is 1.74 bits per heavy atom. The fourth-order valence-electron chi connectivity index (χ4n) is 4.36. The van der Waals surface area contributed by atoms with Gasteiger partial charge in [0, 0.05) is 57.6 Å². The smallest absolute Gasteiger partial charge is 0.410 e.